The number of ether oxygens (including phenoxy) is 1. The molecule has 0 spiro atoms. The van der Waals surface area contributed by atoms with E-state index in [2.05, 4.69) is 15.4 Å². The number of nitrogens with zero attached hydrogens (tertiary/aromatic N) is 4. The molecule has 0 aliphatic carbocycles. The van der Waals surface area contributed by atoms with Crippen molar-refractivity contribution in [1.29, 1.82) is 0 Å². The molecule has 9 heteroatoms. The number of tetrazole rings is 1. The van der Waals surface area contributed by atoms with Gasteiger partial charge in [0.2, 0.25) is 5.82 Å². The van der Waals surface area contributed by atoms with E-state index in [-0.39, 0.29) is 18.0 Å². The van der Waals surface area contributed by atoms with Crippen molar-refractivity contribution in [2.45, 2.75) is 12.8 Å². The SMILES string of the molecule is Cn1nnc(COc2ccc(C(F)(F)F)cc2N)n1. The molecule has 1 aromatic carbocycles. The molecule has 0 amide bonds. The van der Waals surface area contributed by atoms with Gasteiger partial charge in [0, 0.05) is 0 Å². The summed E-state index contributed by atoms with van der Waals surface area (Å²) in [6.07, 6.45) is -4.43. The first-order valence-electron chi connectivity index (χ1n) is 5.18. The maximum Gasteiger partial charge on any atom is 0.416 e. The lowest BCUT2D eigenvalue weighted by atomic mass is 10.2. The molecule has 1 aromatic heterocycles. The van der Waals surface area contributed by atoms with E-state index in [9.17, 15) is 13.2 Å². The molecular formula is C10H10F3N5O. The summed E-state index contributed by atoms with van der Waals surface area (Å²) in [5, 5.41) is 11.1. The molecule has 0 aliphatic heterocycles. The number of nitrogen functional groups attached to an aromatic ring is 1. The van der Waals surface area contributed by atoms with Crippen LogP contribution < -0.4 is 10.5 Å². The van der Waals surface area contributed by atoms with Gasteiger partial charge in [-0.15, -0.1) is 10.2 Å². The summed E-state index contributed by atoms with van der Waals surface area (Å²) in [5.41, 5.74) is 4.58. The third-order valence-electron chi connectivity index (χ3n) is 2.24. The fraction of sp³-hybridized carbons (Fsp3) is 0.300. The minimum absolute atomic E-state index is 0.0244. The molecule has 2 N–H and O–H groups in total. The molecule has 0 fully saturated rings. The molecule has 0 saturated heterocycles. The van der Waals surface area contributed by atoms with Gasteiger partial charge in [0.25, 0.3) is 0 Å². The Balaban J connectivity index is 2.09. The highest BCUT2D eigenvalue weighted by Crippen LogP contribution is 2.33. The molecule has 0 unspecified atom stereocenters. The zero-order valence-electron chi connectivity index (χ0n) is 9.85. The predicted octanol–water partition coefficient (Wildman–Crippen LogP) is 1.39. The van der Waals surface area contributed by atoms with Crippen LogP contribution in [-0.4, -0.2) is 20.2 Å². The Bertz CT molecular complexity index is 581. The third kappa shape index (κ3) is 3.12. The first-order chi connectivity index (χ1) is 8.86. The van der Waals surface area contributed by atoms with Gasteiger partial charge in [-0.25, -0.2) is 0 Å². The molecule has 0 atom stereocenters. The predicted molar refractivity (Wildman–Crippen MR) is 59.0 cm³/mol. The second kappa shape index (κ2) is 4.75. The summed E-state index contributed by atoms with van der Waals surface area (Å²) in [7, 11) is 1.59. The van der Waals surface area contributed by atoms with Crippen molar-refractivity contribution in [1.82, 2.24) is 20.2 Å². The first kappa shape index (κ1) is 13.1. The molecule has 2 rings (SSSR count). The smallest absolute Gasteiger partial charge is 0.416 e. The lowest BCUT2D eigenvalue weighted by Gasteiger charge is -2.11. The average Bonchev–Trinajstić information content (AvgIpc) is 2.72. The number of aryl methyl sites for hydroxylation is 1. The summed E-state index contributed by atoms with van der Waals surface area (Å²) in [6.45, 7) is -0.0244. The Labute approximate surface area is 106 Å². The van der Waals surface area contributed by atoms with E-state index in [1.807, 2.05) is 0 Å². The highest BCUT2D eigenvalue weighted by atomic mass is 19.4. The van der Waals surface area contributed by atoms with Crippen molar-refractivity contribution in [3.8, 4) is 5.75 Å². The van der Waals surface area contributed by atoms with E-state index in [0.717, 1.165) is 18.2 Å². The summed E-state index contributed by atoms with van der Waals surface area (Å²) in [4.78, 5) is 1.24. The first-order valence-corrected chi connectivity index (χ1v) is 5.18. The van der Waals surface area contributed by atoms with Gasteiger partial charge in [-0.05, 0) is 23.4 Å². The van der Waals surface area contributed by atoms with Crippen LogP contribution in [-0.2, 0) is 19.8 Å². The number of hydrogen-bond donors (Lipinski definition) is 1. The van der Waals surface area contributed by atoms with Gasteiger partial charge < -0.3 is 10.5 Å². The van der Waals surface area contributed by atoms with Crippen molar-refractivity contribution in [2.75, 3.05) is 5.73 Å². The maximum atomic E-state index is 12.4. The molecule has 0 saturated carbocycles. The highest BCUT2D eigenvalue weighted by molar-refractivity contribution is 5.54. The maximum absolute atomic E-state index is 12.4. The molecular weight excluding hydrogens is 263 g/mol. The number of alkyl halides is 3. The van der Waals surface area contributed by atoms with E-state index < -0.39 is 11.7 Å². The zero-order chi connectivity index (χ0) is 14.0. The molecule has 19 heavy (non-hydrogen) atoms. The minimum atomic E-state index is -4.43. The number of benzene rings is 1. The van der Waals surface area contributed by atoms with Gasteiger partial charge in [-0.1, -0.05) is 0 Å². The fourth-order valence-corrected chi connectivity index (χ4v) is 1.38. The Morgan fingerprint density at radius 2 is 2.11 bits per heavy atom. The van der Waals surface area contributed by atoms with Crippen LogP contribution in [0.4, 0.5) is 18.9 Å². The van der Waals surface area contributed by atoms with Gasteiger partial charge in [-0.2, -0.15) is 18.0 Å². The number of anilines is 1. The van der Waals surface area contributed by atoms with Gasteiger partial charge in [0.15, 0.2) is 6.61 Å². The second-order valence-corrected chi connectivity index (χ2v) is 3.73. The van der Waals surface area contributed by atoms with Crippen molar-refractivity contribution in [2.24, 2.45) is 7.05 Å². The zero-order valence-corrected chi connectivity index (χ0v) is 9.85. The van der Waals surface area contributed by atoms with Crippen molar-refractivity contribution in [3.05, 3.63) is 29.6 Å². The number of nitrogens with two attached hydrogens (primary N) is 1. The minimum Gasteiger partial charge on any atom is -0.483 e. The summed E-state index contributed by atoms with van der Waals surface area (Å²) >= 11 is 0. The number of aromatic nitrogens is 4. The summed E-state index contributed by atoms with van der Waals surface area (Å²) in [6, 6.07) is 2.88. The molecule has 0 bridgehead atoms. The molecule has 6 nitrogen and oxygen atoms in total. The standard InChI is InChI=1S/C10H10F3N5O/c1-18-16-9(15-17-18)5-19-8-3-2-6(4-7(8)14)10(11,12)13/h2-4H,5,14H2,1H3. The van der Waals surface area contributed by atoms with Crippen molar-refractivity contribution in [3.63, 3.8) is 0 Å². The number of rotatable bonds is 3. The molecule has 0 aliphatic rings. The van der Waals surface area contributed by atoms with Crippen LogP contribution in [0.25, 0.3) is 0 Å². The third-order valence-corrected chi connectivity index (χ3v) is 2.24. The van der Waals surface area contributed by atoms with Gasteiger partial charge >= 0.3 is 6.18 Å². The lowest BCUT2D eigenvalue weighted by molar-refractivity contribution is -0.137. The number of hydrogen-bond acceptors (Lipinski definition) is 5. The molecule has 1 heterocycles. The van der Waals surface area contributed by atoms with Crippen LogP contribution in [0, 0.1) is 0 Å². The van der Waals surface area contributed by atoms with Crippen LogP contribution in [0.15, 0.2) is 18.2 Å². The van der Waals surface area contributed by atoms with Crippen LogP contribution in [0.1, 0.15) is 11.4 Å². The van der Waals surface area contributed by atoms with Crippen LogP contribution in [0.3, 0.4) is 0 Å². The van der Waals surface area contributed by atoms with Crippen LogP contribution in [0.5, 0.6) is 5.75 Å². The molecule has 102 valence electrons. The van der Waals surface area contributed by atoms with E-state index in [1.54, 1.807) is 7.05 Å². The largest absolute Gasteiger partial charge is 0.483 e. The van der Waals surface area contributed by atoms with Crippen molar-refractivity contribution < 1.29 is 17.9 Å². The van der Waals surface area contributed by atoms with Crippen LogP contribution in [0.2, 0.25) is 0 Å². The number of halogens is 3. The quantitative estimate of drug-likeness (QED) is 0.855. The summed E-state index contributed by atoms with van der Waals surface area (Å²) in [5.74, 6) is 0.447. The summed E-state index contributed by atoms with van der Waals surface area (Å²) < 4.78 is 42.5. The lowest BCUT2D eigenvalue weighted by Crippen LogP contribution is -2.07. The van der Waals surface area contributed by atoms with Crippen LogP contribution >= 0.6 is 0 Å². The van der Waals surface area contributed by atoms with Crippen molar-refractivity contribution >= 4 is 5.69 Å². The van der Waals surface area contributed by atoms with E-state index >= 15 is 0 Å². The Morgan fingerprint density at radius 3 is 2.63 bits per heavy atom. The molecule has 2 aromatic rings. The van der Waals surface area contributed by atoms with Gasteiger partial charge in [0.1, 0.15) is 5.75 Å². The monoisotopic (exact) mass is 273 g/mol. The fourth-order valence-electron chi connectivity index (χ4n) is 1.38. The Kier molecular flexibility index (Phi) is 3.28. The van der Waals surface area contributed by atoms with Gasteiger partial charge in [-0.3, -0.25) is 0 Å². The topological polar surface area (TPSA) is 78.8 Å². The van der Waals surface area contributed by atoms with E-state index in [0.29, 0.717) is 5.82 Å². The van der Waals surface area contributed by atoms with E-state index in [4.69, 9.17) is 10.5 Å². The second-order valence-electron chi connectivity index (χ2n) is 3.73. The Hall–Kier alpha value is -2.32. The Morgan fingerprint density at radius 1 is 1.37 bits per heavy atom. The normalized spacial score (nSPS) is 11.6. The molecule has 0 radical (unpaired) electrons. The van der Waals surface area contributed by atoms with Gasteiger partial charge in [0.05, 0.1) is 18.3 Å². The average molecular weight is 273 g/mol. The van der Waals surface area contributed by atoms with E-state index in [1.165, 1.54) is 4.80 Å². The highest BCUT2D eigenvalue weighted by Gasteiger charge is 2.30.